The van der Waals surface area contributed by atoms with Gasteiger partial charge >= 0.3 is 11.9 Å². The first-order chi connectivity index (χ1) is 13.7. The summed E-state index contributed by atoms with van der Waals surface area (Å²) in [5.74, 6) is -0.972. The van der Waals surface area contributed by atoms with E-state index in [2.05, 4.69) is 0 Å². The highest BCUT2D eigenvalue weighted by molar-refractivity contribution is 6.04. The highest BCUT2D eigenvalue weighted by Gasteiger charge is 2.26. The number of aromatic nitrogens is 2. The van der Waals surface area contributed by atoms with Crippen LogP contribution in [0.25, 0.3) is 16.7 Å². The third-order valence-corrected chi connectivity index (χ3v) is 4.72. The van der Waals surface area contributed by atoms with Crippen molar-refractivity contribution in [1.82, 2.24) is 8.97 Å². The molecule has 0 fully saturated rings. The number of nitrogens with zero attached hydrogens (tertiary/aromatic N) is 2. The number of hydrogen-bond donors (Lipinski definition) is 0. The van der Waals surface area contributed by atoms with Gasteiger partial charge in [-0.1, -0.05) is 42.5 Å². The number of rotatable bonds is 5. The minimum absolute atomic E-state index is 0.252. The molecular formula is C22H20N2O4. The van der Waals surface area contributed by atoms with Gasteiger partial charge in [0.1, 0.15) is 16.9 Å². The van der Waals surface area contributed by atoms with Gasteiger partial charge in [0.25, 0.3) is 0 Å². The highest BCUT2D eigenvalue weighted by Crippen LogP contribution is 2.29. The Balaban J connectivity index is 2.06. The molecule has 6 nitrogen and oxygen atoms in total. The van der Waals surface area contributed by atoms with E-state index in [9.17, 15) is 9.59 Å². The van der Waals surface area contributed by atoms with Crippen molar-refractivity contribution in [2.75, 3.05) is 13.7 Å². The molecule has 0 saturated heterocycles. The van der Waals surface area contributed by atoms with E-state index in [-0.39, 0.29) is 6.61 Å². The van der Waals surface area contributed by atoms with Crippen molar-refractivity contribution in [2.45, 2.75) is 13.5 Å². The van der Waals surface area contributed by atoms with Crippen LogP contribution in [0.15, 0.2) is 60.7 Å². The van der Waals surface area contributed by atoms with Crippen molar-refractivity contribution in [2.24, 2.45) is 0 Å². The van der Waals surface area contributed by atoms with E-state index in [4.69, 9.17) is 9.47 Å². The average molecular weight is 376 g/mol. The van der Waals surface area contributed by atoms with Gasteiger partial charge in [0.15, 0.2) is 0 Å². The fourth-order valence-corrected chi connectivity index (χ4v) is 3.55. The summed E-state index contributed by atoms with van der Waals surface area (Å²) >= 11 is 0. The summed E-state index contributed by atoms with van der Waals surface area (Å²) in [5, 5.41) is 0. The maximum absolute atomic E-state index is 12.6. The normalized spacial score (nSPS) is 11.1. The predicted octanol–water partition coefficient (Wildman–Crippen LogP) is 3.91. The van der Waals surface area contributed by atoms with Gasteiger partial charge in [-0.05, 0) is 30.7 Å². The Morgan fingerprint density at radius 1 is 0.929 bits per heavy atom. The van der Waals surface area contributed by atoms with Crippen molar-refractivity contribution in [3.63, 3.8) is 0 Å². The molecule has 0 aliphatic carbocycles. The molecular weight excluding hydrogens is 356 g/mol. The topological polar surface area (TPSA) is 61.9 Å². The Bertz CT molecular complexity index is 1170. The molecule has 0 aliphatic heterocycles. The third kappa shape index (κ3) is 2.83. The molecule has 0 radical (unpaired) electrons. The van der Waals surface area contributed by atoms with E-state index >= 15 is 0 Å². The second-order valence-corrected chi connectivity index (χ2v) is 6.37. The Hall–Kier alpha value is -3.54. The quantitative estimate of drug-likeness (QED) is 0.496. The van der Waals surface area contributed by atoms with Crippen LogP contribution in [0.5, 0.6) is 0 Å². The molecule has 0 saturated carbocycles. The van der Waals surface area contributed by atoms with Crippen molar-refractivity contribution in [1.29, 1.82) is 0 Å². The van der Waals surface area contributed by atoms with Gasteiger partial charge in [0.05, 0.1) is 24.8 Å². The first-order valence-corrected chi connectivity index (χ1v) is 9.07. The predicted molar refractivity (Wildman–Crippen MR) is 106 cm³/mol. The van der Waals surface area contributed by atoms with Gasteiger partial charge in [-0.3, -0.25) is 4.40 Å². The number of fused-ring (bicyclic) bond motifs is 3. The summed E-state index contributed by atoms with van der Waals surface area (Å²) in [5.41, 5.74) is 4.07. The van der Waals surface area contributed by atoms with Gasteiger partial charge in [0.2, 0.25) is 0 Å². The summed E-state index contributed by atoms with van der Waals surface area (Å²) in [6.45, 7) is 2.55. The van der Waals surface area contributed by atoms with E-state index in [1.807, 2.05) is 59.2 Å². The number of benzene rings is 2. The van der Waals surface area contributed by atoms with Crippen LogP contribution in [0.2, 0.25) is 0 Å². The lowest BCUT2D eigenvalue weighted by molar-refractivity contribution is 0.0519. The third-order valence-electron chi connectivity index (χ3n) is 4.72. The van der Waals surface area contributed by atoms with Gasteiger partial charge in [0, 0.05) is 6.54 Å². The monoisotopic (exact) mass is 376 g/mol. The molecule has 0 bridgehead atoms. The van der Waals surface area contributed by atoms with Crippen LogP contribution in [0, 0.1) is 0 Å². The second kappa shape index (κ2) is 7.23. The minimum atomic E-state index is -0.495. The molecule has 2 heterocycles. The molecule has 28 heavy (non-hydrogen) atoms. The highest BCUT2D eigenvalue weighted by atomic mass is 16.5. The number of imidazole rings is 1. The molecule has 0 atom stereocenters. The summed E-state index contributed by atoms with van der Waals surface area (Å²) in [7, 11) is 1.33. The lowest BCUT2D eigenvalue weighted by atomic mass is 10.2. The Morgan fingerprint density at radius 2 is 1.61 bits per heavy atom. The summed E-state index contributed by atoms with van der Waals surface area (Å²) in [4.78, 5) is 25.1. The van der Waals surface area contributed by atoms with Crippen LogP contribution in [0.3, 0.4) is 0 Å². The molecule has 0 N–H and O–H groups in total. The Kier molecular flexibility index (Phi) is 4.61. The van der Waals surface area contributed by atoms with Crippen LogP contribution in [-0.2, 0) is 16.0 Å². The molecule has 0 spiro atoms. The van der Waals surface area contributed by atoms with Crippen LogP contribution >= 0.6 is 0 Å². The van der Waals surface area contributed by atoms with E-state index in [0.717, 1.165) is 16.6 Å². The van der Waals surface area contributed by atoms with E-state index in [1.165, 1.54) is 7.11 Å². The average Bonchev–Trinajstić information content (AvgIpc) is 3.26. The van der Waals surface area contributed by atoms with Crippen LogP contribution in [-0.4, -0.2) is 34.6 Å². The lowest BCUT2D eigenvalue weighted by Gasteiger charge is -2.07. The number of carbonyl (C=O) groups is 2. The van der Waals surface area contributed by atoms with Crippen LogP contribution in [0.4, 0.5) is 0 Å². The van der Waals surface area contributed by atoms with Crippen LogP contribution in [0.1, 0.15) is 33.3 Å². The molecule has 0 unspecified atom stereocenters. The number of methoxy groups -OCH3 is 1. The van der Waals surface area contributed by atoms with Crippen molar-refractivity contribution < 1.29 is 19.1 Å². The zero-order chi connectivity index (χ0) is 19.7. The molecule has 142 valence electrons. The van der Waals surface area contributed by atoms with Crippen molar-refractivity contribution in [3.05, 3.63) is 77.5 Å². The molecule has 2 aromatic carbocycles. The molecule has 2 aromatic heterocycles. The Morgan fingerprint density at radius 3 is 2.29 bits per heavy atom. The smallest absolute Gasteiger partial charge is 0.355 e. The summed E-state index contributed by atoms with van der Waals surface area (Å²) in [6, 6.07) is 19.2. The number of carbonyl (C=O) groups excluding carboxylic acids is 2. The SMILES string of the molecule is CCOC(=O)c1cc(C(=O)OC)c2n(Cc3ccccc3)c3ccccc3n12. The molecule has 0 aliphatic rings. The molecule has 6 heteroatoms. The minimum Gasteiger partial charge on any atom is -0.465 e. The van der Waals surface area contributed by atoms with Crippen LogP contribution < -0.4 is 0 Å². The summed E-state index contributed by atoms with van der Waals surface area (Å²) < 4.78 is 14.0. The van der Waals surface area contributed by atoms with E-state index in [0.29, 0.717) is 23.4 Å². The fourth-order valence-electron chi connectivity index (χ4n) is 3.55. The molecule has 4 aromatic rings. The van der Waals surface area contributed by atoms with Gasteiger partial charge < -0.3 is 14.0 Å². The zero-order valence-electron chi connectivity index (χ0n) is 15.7. The standard InChI is InChI=1S/C22H20N2O4/c1-3-28-22(26)19-13-16(21(25)27-2)20-23(14-15-9-5-4-6-10-15)17-11-7-8-12-18(17)24(19)20/h4-13H,3,14H2,1-2H3. The fraction of sp³-hybridized carbons (Fsp3) is 0.182. The maximum Gasteiger partial charge on any atom is 0.355 e. The summed E-state index contributed by atoms with van der Waals surface area (Å²) in [6.07, 6.45) is 0. The van der Waals surface area contributed by atoms with Crippen molar-refractivity contribution in [3.8, 4) is 0 Å². The maximum atomic E-state index is 12.6. The number of hydrogen-bond acceptors (Lipinski definition) is 4. The van der Waals surface area contributed by atoms with Gasteiger partial charge in [-0.15, -0.1) is 0 Å². The molecule has 4 rings (SSSR count). The number of esters is 2. The van der Waals surface area contributed by atoms with Crippen molar-refractivity contribution >= 4 is 28.6 Å². The molecule has 0 amide bonds. The number of ether oxygens (including phenoxy) is 2. The van der Waals surface area contributed by atoms with Gasteiger partial charge in [-0.2, -0.15) is 0 Å². The van der Waals surface area contributed by atoms with E-state index in [1.54, 1.807) is 17.4 Å². The largest absolute Gasteiger partial charge is 0.465 e. The second-order valence-electron chi connectivity index (χ2n) is 6.37. The Labute approximate surface area is 161 Å². The zero-order valence-corrected chi connectivity index (χ0v) is 15.7. The first-order valence-electron chi connectivity index (χ1n) is 9.07. The first kappa shape index (κ1) is 17.9. The van der Waals surface area contributed by atoms with Gasteiger partial charge in [-0.25, -0.2) is 9.59 Å². The van der Waals surface area contributed by atoms with E-state index < -0.39 is 11.9 Å². The number of para-hydroxylation sites is 2. The lowest BCUT2D eigenvalue weighted by Crippen LogP contribution is -2.07.